The lowest BCUT2D eigenvalue weighted by atomic mass is 9.94. The van der Waals surface area contributed by atoms with Crippen LogP contribution in [0.4, 0.5) is 5.82 Å². The minimum atomic E-state index is -0.125. The van der Waals surface area contributed by atoms with Gasteiger partial charge in [-0.2, -0.15) is 9.97 Å². The molecule has 3 aromatic rings. The van der Waals surface area contributed by atoms with Crippen molar-refractivity contribution >= 4 is 28.2 Å². The van der Waals surface area contributed by atoms with Crippen LogP contribution in [-0.4, -0.2) is 66.8 Å². The van der Waals surface area contributed by atoms with Gasteiger partial charge in [0.2, 0.25) is 0 Å². The standard InChI is InChI=1S/C28H34ClN5O2/c1-18-15-34(13-11-30-18)27-22-17-35-25(21-9-3-6-19-7-4-10-23(29)26(19)21)14-24(22)31-28(32-27)36-16-20-8-5-12-33(20)2/h3-4,6-7,9-10,18,20,25,30H,5,8,11-17H2,1-2H3/t18-,20+,25?/m1/s1. The average molecular weight is 508 g/mol. The number of piperazine rings is 1. The SMILES string of the molecule is C[C@@H]1CN(c2nc(OC[C@@H]3CCCN3C)nc3c2COC(c2cccc4cccc(Cl)c24)C3)CCN1. The van der Waals surface area contributed by atoms with Crippen LogP contribution >= 0.6 is 11.6 Å². The molecule has 1 unspecified atom stereocenters. The van der Waals surface area contributed by atoms with Crippen molar-refractivity contribution < 1.29 is 9.47 Å². The first-order chi connectivity index (χ1) is 17.6. The number of hydrogen-bond donors (Lipinski definition) is 1. The number of anilines is 1. The molecule has 0 aliphatic carbocycles. The second-order valence-electron chi connectivity index (χ2n) is 10.3. The summed E-state index contributed by atoms with van der Waals surface area (Å²) in [4.78, 5) is 14.6. The number of likely N-dealkylation sites (N-methyl/N-ethyl adjacent to an activating group) is 1. The third kappa shape index (κ3) is 4.65. The number of ether oxygens (including phenoxy) is 2. The van der Waals surface area contributed by atoms with Crippen LogP contribution in [-0.2, 0) is 17.8 Å². The number of nitrogens with one attached hydrogen (secondary N) is 1. The zero-order valence-corrected chi connectivity index (χ0v) is 21.8. The fraction of sp³-hybridized carbons (Fsp3) is 0.500. The Bertz CT molecular complexity index is 1250. The molecular weight excluding hydrogens is 474 g/mol. The summed E-state index contributed by atoms with van der Waals surface area (Å²) in [7, 11) is 2.17. The molecular formula is C28H34ClN5O2. The normalized spacial score (nSPS) is 24.8. The van der Waals surface area contributed by atoms with Crippen LogP contribution < -0.4 is 15.0 Å². The molecule has 4 heterocycles. The van der Waals surface area contributed by atoms with Gasteiger partial charge in [-0.1, -0.05) is 41.9 Å². The predicted octanol–water partition coefficient (Wildman–Crippen LogP) is 4.37. The molecule has 1 aromatic heterocycles. The zero-order valence-electron chi connectivity index (χ0n) is 21.0. The summed E-state index contributed by atoms with van der Waals surface area (Å²) in [6.07, 6.45) is 2.91. The van der Waals surface area contributed by atoms with E-state index in [1.807, 2.05) is 12.1 Å². The van der Waals surface area contributed by atoms with E-state index in [1.165, 1.54) is 6.42 Å². The van der Waals surface area contributed by atoms with E-state index in [4.69, 9.17) is 31.0 Å². The van der Waals surface area contributed by atoms with Crippen LogP contribution in [0.25, 0.3) is 10.8 Å². The van der Waals surface area contributed by atoms with Crippen LogP contribution in [0.3, 0.4) is 0 Å². The van der Waals surface area contributed by atoms with Gasteiger partial charge in [0.25, 0.3) is 0 Å². The summed E-state index contributed by atoms with van der Waals surface area (Å²) < 4.78 is 12.7. The van der Waals surface area contributed by atoms with Gasteiger partial charge in [0.1, 0.15) is 12.4 Å². The van der Waals surface area contributed by atoms with E-state index < -0.39 is 0 Å². The molecule has 36 heavy (non-hydrogen) atoms. The van der Waals surface area contributed by atoms with E-state index in [0.29, 0.717) is 37.7 Å². The second-order valence-corrected chi connectivity index (χ2v) is 10.7. The number of likely N-dealkylation sites (tertiary alicyclic amines) is 1. The molecule has 2 saturated heterocycles. The third-order valence-electron chi connectivity index (χ3n) is 7.84. The van der Waals surface area contributed by atoms with Crippen molar-refractivity contribution in [3.05, 3.63) is 58.2 Å². The maximum atomic E-state index is 6.64. The molecule has 190 valence electrons. The molecule has 0 radical (unpaired) electrons. The number of hydrogen-bond acceptors (Lipinski definition) is 7. The van der Waals surface area contributed by atoms with Gasteiger partial charge in [-0.3, -0.25) is 0 Å². The minimum absolute atomic E-state index is 0.125. The van der Waals surface area contributed by atoms with Gasteiger partial charge < -0.3 is 24.6 Å². The molecule has 0 amide bonds. The Balaban J connectivity index is 1.34. The lowest BCUT2D eigenvalue weighted by Gasteiger charge is -2.36. The van der Waals surface area contributed by atoms with Crippen molar-refractivity contribution in [1.29, 1.82) is 0 Å². The molecule has 0 saturated carbocycles. The summed E-state index contributed by atoms with van der Waals surface area (Å²) >= 11 is 6.64. The van der Waals surface area contributed by atoms with Crippen molar-refractivity contribution in [1.82, 2.24) is 20.2 Å². The summed E-state index contributed by atoms with van der Waals surface area (Å²) in [5, 5.41) is 6.46. The third-order valence-corrected chi connectivity index (χ3v) is 8.15. The number of fused-ring (bicyclic) bond motifs is 2. The van der Waals surface area contributed by atoms with Gasteiger partial charge in [0.15, 0.2) is 0 Å². The number of rotatable bonds is 5. The van der Waals surface area contributed by atoms with E-state index in [-0.39, 0.29) is 6.10 Å². The highest BCUT2D eigenvalue weighted by Gasteiger charge is 2.31. The van der Waals surface area contributed by atoms with Gasteiger partial charge in [0, 0.05) is 54.1 Å². The molecule has 6 rings (SSSR count). The molecule has 8 heteroatoms. The maximum absolute atomic E-state index is 6.64. The molecule has 7 nitrogen and oxygen atoms in total. The first kappa shape index (κ1) is 23.9. The molecule has 3 aliphatic heterocycles. The largest absolute Gasteiger partial charge is 0.462 e. The van der Waals surface area contributed by atoms with E-state index in [1.54, 1.807) is 0 Å². The number of halogens is 1. The highest BCUT2D eigenvalue weighted by Crippen LogP contribution is 2.39. The van der Waals surface area contributed by atoms with Gasteiger partial charge in [-0.25, -0.2) is 0 Å². The van der Waals surface area contributed by atoms with E-state index in [0.717, 1.165) is 71.0 Å². The fourth-order valence-electron chi connectivity index (χ4n) is 5.83. The minimum Gasteiger partial charge on any atom is -0.462 e. The molecule has 3 aliphatic rings. The van der Waals surface area contributed by atoms with Crippen LogP contribution in [0.1, 0.15) is 42.7 Å². The Labute approximate surface area is 217 Å². The first-order valence-corrected chi connectivity index (χ1v) is 13.4. The van der Waals surface area contributed by atoms with E-state index in [9.17, 15) is 0 Å². The summed E-state index contributed by atoms with van der Waals surface area (Å²) in [5.74, 6) is 0.956. The van der Waals surface area contributed by atoms with Crippen LogP contribution in [0, 0.1) is 0 Å². The lowest BCUT2D eigenvalue weighted by molar-refractivity contribution is 0.0265. The lowest BCUT2D eigenvalue weighted by Crippen LogP contribution is -2.50. The van der Waals surface area contributed by atoms with Gasteiger partial charge >= 0.3 is 6.01 Å². The Morgan fingerprint density at radius 3 is 2.83 bits per heavy atom. The monoisotopic (exact) mass is 507 g/mol. The topological polar surface area (TPSA) is 62.8 Å². The van der Waals surface area contributed by atoms with Crippen LogP contribution in [0.2, 0.25) is 5.02 Å². The number of benzene rings is 2. The number of nitrogens with zero attached hydrogens (tertiary/aromatic N) is 4. The van der Waals surface area contributed by atoms with Gasteiger partial charge in [0.05, 0.1) is 18.4 Å². The Morgan fingerprint density at radius 1 is 1.17 bits per heavy atom. The van der Waals surface area contributed by atoms with Crippen LogP contribution in [0.15, 0.2) is 36.4 Å². The second kappa shape index (κ2) is 10.1. The Hall–Kier alpha value is -2.45. The maximum Gasteiger partial charge on any atom is 0.318 e. The summed E-state index contributed by atoms with van der Waals surface area (Å²) in [5.41, 5.74) is 3.20. The van der Waals surface area contributed by atoms with Gasteiger partial charge in [-0.05, 0) is 50.4 Å². The van der Waals surface area contributed by atoms with Crippen LogP contribution in [0.5, 0.6) is 6.01 Å². The molecule has 2 fully saturated rings. The molecule has 0 spiro atoms. The first-order valence-electron chi connectivity index (χ1n) is 13.1. The quantitative estimate of drug-likeness (QED) is 0.550. The predicted molar refractivity (Wildman–Crippen MR) is 143 cm³/mol. The summed E-state index contributed by atoms with van der Waals surface area (Å²) in [6.45, 7) is 7.16. The molecule has 0 bridgehead atoms. The van der Waals surface area contributed by atoms with Gasteiger partial charge in [-0.15, -0.1) is 0 Å². The highest BCUT2D eigenvalue weighted by atomic mass is 35.5. The van der Waals surface area contributed by atoms with Crippen molar-refractivity contribution in [2.24, 2.45) is 0 Å². The van der Waals surface area contributed by atoms with E-state index in [2.05, 4.69) is 53.4 Å². The van der Waals surface area contributed by atoms with Crippen molar-refractivity contribution in [3.8, 4) is 6.01 Å². The van der Waals surface area contributed by atoms with Crippen molar-refractivity contribution in [2.45, 2.75) is 51.0 Å². The van der Waals surface area contributed by atoms with E-state index >= 15 is 0 Å². The Kier molecular flexibility index (Phi) is 6.73. The average Bonchev–Trinajstić information content (AvgIpc) is 3.31. The summed E-state index contributed by atoms with van der Waals surface area (Å²) in [6, 6.07) is 13.6. The molecule has 2 aromatic carbocycles. The zero-order chi connectivity index (χ0) is 24.6. The highest BCUT2D eigenvalue weighted by molar-refractivity contribution is 6.35. The van der Waals surface area contributed by atoms with Crippen molar-refractivity contribution in [2.75, 3.05) is 44.7 Å². The Morgan fingerprint density at radius 2 is 2.03 bits per heavy atom. The smallest absolute Gasteiger partial charge is 0.318 e. The fourth-order valence-corrected chi connectivity index (χ4v) is 6.12. The van der Waals surface area contributed by atoms with Crippen molar-refractivity contribution in [3.63, 3.8) is 0 Å². The molecule has 1 N–H and O–H groups in total. The number of aromatic nitrogens is 2. The molecule has 3 atom stereocenters.